The molecule has 0 fully saturated rings. The normalized spacial score (nSPS) is 10.2. The molecular formula is C13H19ClN2O2. The summed E-state index contributed by atoms with van der Waals surface area (Å²) >= 11 is 6.11. The Kier molecular flexibility index (Phi) is 5.95. The van der Waals surface area contributed by atoms with E-state index >= 15 is 0 Å². The van der Waals surface area contributed by atoms with Crippen molar-refractivity contribution in [3.8, 4) is 0 Å². The molecule has 5 heteroatoms. The minimum atomic E-state index is -0.172. The van der Waals surface area contributed by atoms with Gasteiger partial charge in [-0.05, 0) is 18.6 Å². The topological polar surface area (TPSA) is 41.6 Å². The van der Waals surface area contributed by atoms with Gasteiger partial charge in [0.15, 0.2) is 0 Å². The summed E-state index contributed by atoms with van der Waals surface area (Å²) in [6.07, 6.45) is 0.896. The number of carbonyl (C=O) groups is 1. The van der Waals surface area contributed by atoms with Crippen LogP contribution in [0.3, 0.4) is 0 Å². The molecule has 0 aliphatic heterocycles. The van der Waals surface area contributed by atoms with Gasteiger partial charge in [0.25, 0.3) is 0 Å². The zero-order chi connectivity index (χ0) is 13.5. The summed E-state index contributed by atoms with van der Waals surface area (Å²) in [5.41, 5.74) is 1.49. The predicted molar refractivity (Wildman–Crippen MR) is 75.5 cm³/mol. The SMILES string of the molecule is CCCOCC(=O)Nc1cccc(Cl)c1N(C)C. The summed E-state index contributed by atoms with van der Waals surface area (Å²) in [4.78, 5) is 13.5. The quantitative estimate of drug-likeness (QED) is 0.808. The molecule has 0 aliphatic carbocycles. The molecule has 1 rings (SSSR count). The fourth-order valence-electron chi connectivity index (χ4n) is 1.57. The van der Waals surface area contributed by atoms with Gasteiger partial charge in [-0.25, -0.2) is 0 Å². The number of halogens is 1. The maximum Gasteiger partial charge on any atom is 0.250 e. The Morgan fingerprint density at radius 2 is 2.17 bits per heavy atom. The Bertz CT molecular complexity index is 408. The van der Waals surface area contributed by atoms with Crippen LogP contribution < -0.4 is 10.2 Å². The summed E-state index contributed by atoms with van der Waals surface area (Å²) in [6, 6.07) is 5.41. The van der Waals surface area contributed by atoms with Crippen LogP contribution in [0.25, 0.3) is 0 Å². The third-order valence-electron chi connectivity index (χ3n) is 2.29. The van der Waals surface area contributed by atoms with Crippen molar-refractivity contribution in [3.63, 3.8) is 0 Å². The molecule has 0 saturated carbocycles. The molecule has 0 aromatic heterocycles. The zero-order valence-corrected chi connectivity index (χ0v) is 11.8. The van der Waals surface area contributed by atoms with Crippen molar-refractivity contribution in [1.82, 2.24) is 0 Å². The number of benzene rings is 1. The Morgan fingerprint density at radius 1 is 1.44 bits per heavy atom. The largest absolute Gasteiger partial charge is 0.375 e. The van der Waals surface area contributed by atoms with E-state index in [0.29, 0.717) is 17.3 Å². The third kappa shape index (κ3) is 4.20. The van der Waals surface area contributed by atoms with E-state index in [1.54, 1.807) is 12.1 Å². The van der Waals surface area contributed by atoms with Crippen LogP contribution in [0, 0.1) is 0 Å². The first-order chi connectivity index (χ1) is 8.56. The van der Waals surface area contributed by atoms with Crippen LogP contribution in [-0.4, -0.2) is 33.2 Å². The second kappa shape index (κ2) is 7.24. The van der Waals surface area contributed by atoms with Crippen molar-refractivity contribution in [2.45, 2.75) is 13.3 Å². The summed E-state index contributed by atoms with van der Waals surface area (Å²) < 4.78 is 5.19. The number of rotatable bonds is 6. The van der Waals surface area contributed by atoms with Crippen LogP contribution in [-0.2, 0) is 9.53 Å². The number of para-hydroxylation sites is 1. The monoisotopic (exact) mass is 270 g/mol. The van der Waals surface area contributed by atoms with Crippen molar-refractivity contribution < 1.29 is 9.53 Å². The van der Waals surface area contributed by atoms with Gasteiger partial charge in [0, 0.05) is 20.7 Å². The van der Waals surface area contributed by atoms with Crippen molar-refractivity contribution in [1.29, 1.82) is 0 Å². The van der Waals surface area contributed by atoms with Gasteiger partial charge in [0.1, 0.15) is 6.61 Å². The Morgan fingerprint density at radius 3 is 2.78 bits per heavy atom. The Balaban J connectivity index is 2.72. The molecule has 0 spiro atoms. The minimum absolute atomic E-state index is 0.0627. The molecule has 1 aromatic rings. The van der Waals surface area contributed by atoms with Gasteiger partial charge in [-0.2, -0.15) is 0 Å². The molecule has 0 heterocycles. The van der Waals surface area contributed by atoms with Crippen LogP contribution in [0.15, 0.2) is 18.2 Å². The zero-order valence-electron chi connectivity index (χ0n) is 11.0. The molecule has 1 aromatic carbocycles. The summed E-state index contributed by atoms with van der Waals surface area (Å²) in [5.74, 6) is -0.172. The predicted octanol–water partition coefficient (Wildman–Crippen LogP) is 2.77. The Labute approximate surface area is 113 Å². The van der Waals surface area contributed by atoms with Crippen LogP contribution in [0.2, 0.25) is 5.02 Å². The van der Waals surface area contributed by atoms with E-state index in [9.17, 15) is 4.79 Å². The number of ether oxygens (including phenoxy) is 1. The second-order valence-corrected chi connectivity index (χ2v) is 4.54. The Hall–Kier alpha value is -1.26. The lowest BCUT2D eigenvalue weighted by atomic mass is 10.2. The van der Waals surface area contributed by atoms with Gasteiger partial charge in [0.2, 0.25) is 5.91 Å². The molecule has 0 aliphatic rings. The molecule has 100 valence electrons. The minimum Gasteiger partial charge on any atom is -0.375 e. The van der Waals surface area contributed by atoms with E-state index in [4.69, 9.17) is 16.3 Å². The molecule has 0 radical (unpaired) electrons. The van der Waals surface area contributed by atoms with Crippen LogP contribution in [0.4, 0.5) is 11.4 Å². The maximum absolute atomic E-state index is 11.7. The lowest BCUT2D eigenvalue weighted by molar-refractivity contribution is -0.120. The highest BCUT2D eigenvalue weighted by atomic mass is 35.5. The number of nitrogens with one attached hydrogen (secondary N) is 1. The molecule has 0 bridgehead atoms. The van der Waals surface area contributed by atoms with Gasteiger partial charge < -0.3 is 15.0 Å². The second-order valence-electron chi connectivity index (χ2n) is 4.13. The fraction of sp³-hybridized carbons (Fsp3) is 0.462. The number of amides is 1. The number of hydrogen-bond acceptors (Lipinski definition) is 3. The molecule has 1 amide bonds. The number of nitrogens with zero attached hydrogens (tertiary/aromatic N) is 1. The number of anilines is 2. The standard InChI is InChI=1S/C13H19ClN2O2/c1-4-8-18-9-12(17)15-11-7-5-6-10(14)13(11)16(2)3/h5-7H,4,8-9H2,1-3H3,(H,15,17). The molecular weight excluding hydrogens is 252 g/mol. The highest BCUT2D eigenvalue weighted by molar-refractivity contribution is 6.34. The molecule has 4 nitrogen and oxygen atoms in total. The smallest absolute Gasteiger partial charge is 0.250 e. The van der Waals surface area contributed by atoms with E-state index < -0.39 is 0 Å². The van der Waals surface area contributed by atoms with Crippen molar-refractivity contribution in [2.24, 2.45) is 0 Å². The maximum atomic E-state index is 11.7. The molecule has 0 atom stereocenters. The average Bonchev–Trinajstić information content (AvgIpc) is 2.28. The first kappa shape index (κ1) is 14.8. The first-order valence-corrected chi connectivity index (χ1v) is 6.27. The first-order valence-electron chi connectivity index (χ1n) is 5.89. The fourth-order valence-corrected chi connectivity index (χ4v) is 1.91. The number of hydrogen-bond donors (Lipinski definition) is 1. The van der Waals surface area contributed by atoms with Gasteiger partial charge >= 0.3 is 0 Å². The van der Waals surface area contributed by atoms with Gasteiger partial charge in [-0.3, -0.25) is 4.79 Å². The third-order valence-corrected chi connectivity index (χ3v) is 2.59. The summed E-state index contributed by atoms with van der Waals surface area (Å²) in [7, 11) is 3.76. The summed E-state index contributed by atoms with van der Waals surface area (Å²) in [5, 5.41) is 3.41. The van der Waals surface area contributed by atoms with E-state index in [1.165, 1.54) is 0 Å². The van der Waals surface area contributed by atoms with Crippen LogP contribution in [0.1, 0.15) is 13.3 Å². The van der Waals surface area contributed by atoms with Crippen molar-refractivity contribution in [3.05, 3.63) is 23.2 Å². The van der Waals surface area contributed by atoms with Gasteiger partial charge in [-0.15, -0.1) is 0 Å². The molecule has 0 saturated heterocycles. The van der Waals surface area contributed by atoms with E-state index in [0.717, 1.165) is 12.1 Å². The lowest BCUT2D eigenvalue weighted by Gasteiger charge is -2.19. The highest BCUT2D eigenvalue weighted by Crippen LogP contribution is 2.32. The van der Waals surface area contributed by atoms with E-state index in [-0.39, 0.29) is 12.5 Å². The molecule has 18 heavy (non-hydrogen) atoms. The molecule has 0 unspecified atom stereocenters. The van der Waals surface area contributed by atoms with Gasteiger partial charge in [0.05, 0.1) is 16.4 Å². The van der Waals surface area contributed by atoms with E-state index in [2.05, 4.69) is 5.32 Å². The molecule has 1 N–H and O–H groups in total. The number of carbonyl (C=O) groups excluding carboxylic acids is 1. The summed E-state index contributed by atoms with van der Waals surface area (Å²) in [6.45, 7) is 2.65. The van der Waals surface area contributed by atoms with Gasteiger partial charge in [-0.1, -0.05) is 24.6 Å². The van der Waals surface area contributed by atoms with E-state index in [1.807, 2.05) is 32.0 Å². The van der Waals surface area contributed by atoms with Crippen LogP contribution >= 0.6 is 11.6 Å². The van der Waals surface area contributed by atoms with Crippen molar-refractivity contribution >= 4 is 28.9 Å². The highest BCUT2D eigenvalue weighted by Gasteiger charge is 2.11. The lowest BCUT2D eigenvalue weighted by Crippen LogP contribution is -2.21. The van der Waals surface area contributed by atoms with Crippen molar-refractivity contribution in [2.75, 3.05) is 37.5 Å². The van der Waals surface area contributed by atoms with Crippen LogP contribution in [0.5, 0.6) is 0 Å². The average molecular weight is 271 g/mol.